The first-order chi connectivity index (χ1) is 8.40. The predicted octanol–water partition coefficient (Wildman–Crippen LogP) is 2.38. The van der Waals surface area contributed by atoms with Crippen LogP contribution in [0.5, 0.6) is 5.75 Å². The highest BCUT2D eigenvalue weighted by atomic mass is 16.5. The first-order valence-corrected chi connectivity index (χ1v) is 6.05. The topological polar surface area (TPSA) is 58.6 Å². The summed E-state index contributed by atoms with van der Waals surface area (Å²) >= 11 is 0. The molecule has 0 fully saturated rings. The smallest absolute Gasteiger partial charge is 0.325 e. The molecule has 4 nitrogen and oxygen atoms in total. The number of nitrogens with one attached hydrogen (secondary N) is 1. The van der Waals surface area contributed by atoms with E-state index in [4.69, 9.17) is 4.74 Å². The lowest BCUT2D eigenvalue weighted by Crippen LogP contribution is -2.48. The number of benzene rings is 1. The van der Waals surface area contributed by atoms with Crippen LogP contribution in [0, 0.1) is 0 Å². The number of carbonyl (C=O) groups excluding carboxylic acids is 1. The minimum Gasteiger partial charge on any atom is -0.508 e. The number of rotatable bonds is 5. The number of carbonyl (C=O) groups is 1. The average molecular weight is 251 g/mol. The van der Waals surface area contributed by atoms with Crippen LogP contribution in [0.1, 0.15) is 38.8 Å². The van der Waals surface area contributed by atoms with Crippen LogP contribution in [-0.2, 0) is 9.53 Å². The molecule has 0 aliphatic rings. The van der Waals surface area contributed by atoms with Gasteiger partial charge in [0.25, 0.3) is 0 Å². The van der Waals surface area contributed by atoms with E-state index in [1.165, 1.54) is 7.11 Å². The Morgan fingerprint density at radius 1 is 1.39 bits per heavy atom. The third-order valence-electron chi connectivity index (χ3n) is 2.93. The molecule has 0 bridgehead atoms. The molecule has 0 radical (unpaired) electrons. The van der Waals surface area contributed by atoms with Gasteiger partial charge in [0.2, 0.25) is 0 Å². The van der Waals surface area contributed by atoms with Crippen LogP contribution in [0.4, 0.5) is 0 Å². The van der Waals surface area contributed by atoms with Gasteiger partial charge in [0.05, 0.1) is 7.11 Å². The van der Waals surface area contributed by atoms with Crippen molar-refractivity contribution in [2.45, 2.75) is 38.8 Å². The van der Waals surface area contributed by atoms with Crippen molar-refractivity contribution in [3.63, 3.8) is 0 Å². The molecule has 4 heteroatoms. The van der Waals surface area contributed by atoms with Gasteiger partial charge in [-0.1, -0.05) is 19.1 Å². The van der Waals surface area contributed by atoms with Crippen molar-refractivity contribution < 1.29 is 14.6 Å². The lowest BCUT2D eigenvalue weighted by molar-refractivity contribution is -0.147. The number of esters is 1. The molecule has 1 atom stereocenters. The van der Waals surface area contributed by atoms with Crippen molar-refractivity contribution >= 4 is 5.97 Å². The van der Waals surface area contributed by atoms with Crippen LogP contribution in [-0.4, -0.2) is 23.7 Å². The molecule has 0 amide bonds. The molecule has 100 valence electrons. The Morgan fingerprint density at radius 3 is 2.39 bits per heavy atom. The lowest BCUT2D eigenvalue weighted by Gasteiger charge is -2.29. The minimum absolute atomic E-state index is 0.0414. The van der Waals surface area contributed by atoms with Gasteiger partial charge in [0, 0.05) is 6.04 Å². The summed E-state index contributed by atoms with van der Waals surface area (Å²) in [5, 5.41) is 12.5. The standard InChI is InChI=1S/C14H21NO3/c1-5-12(10-6-8-11(16)9-7-10)15-14(2,3)13(17)18-4/h6-9,12,15-16H,5H2,1-4H3. The summed E-state index contributed by atoms with van der Waals surface area (Å²) < 4.78 is 4.77. The summed E-state index contributed by atoms with van der Waals surface area (Å²) in [6, 6.07) is 7.03. The van der Waals surface area contributed by atoms with E-state index >= 15 is 0 Å². The summed E-state index contributed by atoms with van der Waals surface area (Å²) in [5.41, 5.74) is 0.292. The third kappa shape index (κ3) is 3.47. The van der Waals surface area contributed by atoms with Crippen molar-refractivity contribution in [1.82, 2.24) is 5.32 Å². The molecule has 1 aromatic carbocycles. The normalized spacial score (nSPS) is 13.1. The second-order valence-corrected chi connectivity index (χ2v) is 4.81. The van der Waals surface area contributed by atoms with Gasteiger partial charge < -0.3 is 9.84 Å². The zero-order valence-corrected chi connectivity index (χ0v) is 11.4. The molecule has 1 rings (SSSR count). The summed E-state index contributed by atoms with van der Waals surface area (Å²) in [5.74, 6) is -0.0550. The molecule has 2 N–H and O–H groups in total. The fourth-order valence-corrected chi connectivity index (χ4v) is 1.88. The van der Waals surface area contributed by atoms with Crippen molar-refractivity contribution in [1.29, 1.82) is 0 Å². The molecule has 0 heterocycles. The second-order valence-electron chi connectivity index (χ2n) is 4.81. The zero-order valence-electron chi connectivity index (χ0n) is 11.4. The van der Waals surface area contributed by atoms with Gasteiger partial charge in [0.15, 0.2) is 0 Å². The SMILES string of the molecule is CCC(NC(C)(C)C(=O)OC)c1ccc(O)cc1. The maximum absolute atomic E-state index is 11.6. The van der Waals surface area contributed by atoms with E-state index in [9.17, 15) is 9.90 Å². The maximum atomic E-state index is 11.6. The van der Waals surface area contributed by atoms with Crippen LogP contribution in [0.25, 0.3) is 0 Å². The van der Waals surface area contributed by atoms with E-state index in [0.29, 0.717) is 0 Å². The van der Waals surface area contributed by atoms with Crippen molar-refractivity contribution in [2.75, 3.05) is 7.11 Å². The number of methoxy groups -OCH3 is 1. The largest absolute Gasteiger partial charge is 0.508 e. The van der Waals surface area contributed by atoms with Gasteiger partial charge in [-0.15, -0.1) is 0 Å². The van der Waals surface area contributed by atoms with Gasteiger partial charge in [0.1, 0.15) is 11.3 Å². The highest BCUT2D eigenvalue weighted by Gasteiger charge is 2.31. The van der Waals surface area contributed by atoms with E-state index in [2.05, 4.69) is 5.32 Å². The highest BCUT2D eigenvalue weighted by Crippen LogP contribution is 2.22. The van der Waals surface area contributed by atoms with Gasteiger partial charge in [-0.2, -0.15) is 0 Å². The fourth-order valence-electron chi connectivity index (χ4n) is 1.88. The Hall–Kier alpha value is -1.55. The van der Waals surface area contributed by atoms with Gasteiger partial charge >= 0.3 is 5.97 Å². The molecule has 0 spiro atoms. The molecular formula is C14H21NO3. The van der Waals surface area contributed by atoms with Crippen molar-refractivity contribution in [3.05, 3.63) is 29.8 Å². The first kappa shape index (κ1) is 14.5. The van der Waals surface area contributed by atoms with Crippen LogP contribution >= 0.6 is 0 Å². The molecule has 0 saturated heterocycles. The number of ether oxygens (including phenoxy) is 1. The van der Waals surface area contributed by atoms with Gasteiger partial charge in [-0.3, -0.25) is 10.1 Å². The Bertz CT molecular complexity index is 398. The van der Waals surface area contributed by atoms with Gasteiger partial charge in [-0.05, 0) is 38.0 Å². The summed E-state index contributed by atoms with van der Waals surface area (Å²) in [7, 11) is 1.38. The van der Waals surface area contributed by atoms with E-state index in [-0.39, 0.29) is 17.8 Å². The van der Waals surface area contributed by atoms with Crippen molar-refractivity contribution in [3.8, 4) is 5.75 Å². The average Bonchev–Trinajstić information content (AvgIpc) is 2.36. The molecule has 0 saturated carbocycles. The first-order valence-electron chi connectivity index (χ1n) is 6.05. The summed E-state index contributed by atoms with van der Waals surface area (Å²) in [4.78, 5) is 11.6. The Balaban J connectivity index is 2.85. The maximum Gasteiger partial charge on any atom is 0.325 e. The number of hydrogen-bond acceptors (Lipinski definition) is 4. The fraction of sp³-hybridized carbons (Fsp3) is 0.500. The molecule has 1 aromatic rings. The van der Waals surface area contributed by atoms with Crippen LogP contribution in [0.2, 0.25) is 0 Å². The van der Waals surface area contributed by atoms with Gasteiger partial charge in [-0.25, -0.2) is 0 Å². The van der Waals surface area contributed by atoms with E-state index in [1.807, 2.05) is 19.1 Å². The lowest BCUT2D eigenvalue weighted by atomic mass is 9.98. The van der Waals surface area contributed by atoms with Crippen LogP contribution in [0.15, 0.2) is 24.3 Å². The number of aromatic hydroxyl groups is 1. The van der Waals surface area contributed by atoms with E-state index < -0.39 is 5.54 Å². The minimum atomic E-state index is -0.743. The Kier molecular flexibility index (Phi) is 4.73. The number of phenolic OH excluding ortho intramolecular Hbond substituents is 1. The molecular weight excluding hydrogens is 230 g/mol. The summed E-state index contributed by atoms with van der Waals surface area (Å²) in [6.07, 6.45) is 0.838. The molecule has 18 heavy (non-hydrogen) atoms. The van der Waals surface area contributed by atoms with E-state index in [1.54, 1.807) is 26.0 Å². The van der Waals surface area contributed by atoms with Crippen molar-refractivity contribution in [2.24, 2.45) is 0 Å². The number of hydrogen-bond donors (Lipinski definition) is 2. The van der Waals surface area contributed by atoms with Crippen LogP contribution < -0.4 is 5.32 Å². The highest BCUT2D eigenvalue weighted by molar-refractivity contribution is 5.79. The number of phenols is 1. The Labute approximate surface area is 108 Å². The van der Waals surface area contributed by atoms with Crippen LogP contribution in [0.3, 0.4) is 0 Å². The predicted molar refractivity (Wildman–Crippen MR) is 70.4 cm³/mol. The second kappa shape index (κ2) is 5.87. The molecule has 0 aliphatic heterocycles. The van der Waals surface area contributed by atoms with E-state index in [0.717, 1.165) is 12.0 Å². The third-order valence-corrected chi connectivity index (χ3v) is 2.93. The zero-order chi connectivity index (χ0) is 13.8. The molecule has 1 unspecified atom stereocenters. The summed E-state index contributed by atoms with van der Waals surface area (Å²) in [6.45, 7) is 5.63. The quantitative estimate of drug-likeness (QED) is 0.789. The molecule has 0 aromatic heterocycles. The Morgan fingerprint density at radius 2 is 1.94 bits per heavy atom. The molecule has 0 aliphatic carbocycles. The monoisotopic (exact) mass is 251 g/mol.